The van der Waals surface area contributed by atoms with E-state index in [0.29, 0.717) is 24.5 Å². The highest BCUT2D eigenvalue weighted by Crippen LogP contribution is 2.62. The Hall–Kier alpha value is -2.15. The van der Waals surface area contributed by atoms with Gasteiger partial charge in [0.1, 0.15) is 11.7 Å². The molecule has 1 saturated heterocycles. The van der Waals surface area contributed by atoms with Gasteiger partial charge >= 0.3 is 5.97 Å². The number of carbonyl (C=O) groups is 2. The molecule has 6 nitrogen and oxygen atoms in total. The normalized spacial score (nSPS) is 35.0. The van der Waals surface area contributed by atoms with Crippen LogP contribution in [0, 0.1) is 17.7 Å². The van der Waals surface area contributed by atoms with Gasteiger partial charge in [0.05, 0.1) is 11.4 Å². The predicted octanol–water partition coefficient (Wildman–Crippen LogP) is 1.62. The first kappa shape index (κ1) is 16.1. The van der Waals surface area contributed by atoms with Crippen molar-refractivity contribution in [3.63, 3.8) is 0 Å². The summed E-state index contributed by atoms with van der Waals surface area (Å²) < 4.78 is 14.8. The number of Topliss-reactive ketones (excluding diaryl/α,β-unsaturated/α-hetero) is 1. The largest absolute Gasteiger partial charge is 0.481 e. The Balaban J connectivity index is 1.60. The van der Waals surface area contributed by atoms with Crippen LogP contribution in [0.2, 0.25) is 0 Å². The van der Waals surface area contributed by atoms with E-state index in [2.05, 4.69) is 4.90 Å². The first-order valence-electron chi connectivity index (χ1n) is 9.27. The van der Waals surface area contributed by atoms with Gasteiger partial charge in [0, 0.05) is 36.8 Å². The van der Waals surface area contributed by atoms with Crippen LogP contribution in [0.15, 0.2) is 12.1 Å². The maximum Gasteiger partial charge on any atom is 0.316 e. The third kappa shape index (κ3) is 2.06. The summed E-state index contributed by atoms with van der Waals surface area (Å²) in [5, 5.41) is 9.48. The molecule has 5 aliphatic rings. The number of aliphatic carboxylic acids is 1. The number of benzene rings is 1. The third-order valence-corrected chi connectivity index (χ3v) is 6.75. The molecule has 138 valence electrons. The minimum absolute atomic E-state index is 0.0252. The summed E-state index contributed by atoms with van der Waals surface area (Å²) in [6.45, 7) is 1.46. The van der Waals surface area contributed by atoms with Crippen LogP contribution in [0.5, 0.6) is 0 Å². The molecule has 0 spiro atoms. The second kappa shape index (κ2) is 5.19. The topological polar surface area (TPSA) is 86.9 Å². The van der Waals surface area contributed by atoms with E-state index in [1.807, 2.05) is 4.90 Å². The molecule has 4 fully saturated rings. The minimum atomic E-state index is -1.13. The Bertz CT molecular complexity index is 809. The molecule has 2 heterocycles. The lowest BCUT2D eigenvalue weighted by atomic mass is 9.48. The SMILES string of the molecule is NC1CCN(c2cc3c(cc2F)C(=O)C(C(=O)O)CN3C23CC(C2)C3)C1. The molecule has 2 aliphatic heterocycles. The number of nitrogens with two attached hydrogens (primary N) is 1. The Labute approximate surface area is 150 Å². The van der Waals surface area contributed by atoms with Crippen LogP contribution in [0.3, 0.4) is 0 Å². The number of rotatable bonds is 3. The van der Waals surface area contributed by atoms with Crippen LogP contribution in [0.25, 0.3) is 0 Å². The smallest absolute Gasteiger partial charge is 0.316 e. The molecule has 0 radical (unpaired) electrons. The van der Waals surface area contributed by atoms with Gasteiger partial charge in [-0.05, 0) is 43.7 Å². The van der Waals surface area contributed by atoms with Crippen LogP contribution in [0.1, 0.15) is 36.0 Å². The van der Waals surface area contributed by atoms with Gasteiger partial charge in [0.25, 0.3) is 0 Å². The number of nitrogens with zero attached hydrogens (tertiary/aromatic N) is 2. The number of carbonyl (C=O) groups excluding carboxylic acids is 1. The summed E-state index contributed by atoms with van der Waals surface area (Å²) in [5.74, 6) is -2.50. The molecular weight excluding hydrogens is 337 g/mol. The molecule has 7 heteroatoms. The number of hydrogen-bond donors (Lipinski definition) is 2. The average molecular weight is 359 g/mol. The van der Waals surface area contributed by atoms with E-state index >= 15 is 0 Å². The summed E-state index contributed by atoms with van der Waals surface area (Å²) in [5.41, 5.74) is 7.30. The molecule has 2 unspecified atom stereocenters. The molecule has 3 N–H and O–H groups in total. The zero-order chi connectivity index (χ0) is 18.2. The highest BCUT2D eigenvalue weighted by atomic mass is 19.1. The van der Waals surface area contributed by atoms with Gasteiger partial charge in [0.15, 0.2) is 5.78 Å². The predicted molar refractivity (Wildman–Crippen MR) is 94.1 cm³/mol. The van der Waals surface area contributed by atoms with Gasteiger partial charge in [0.2, 0.25) is 0 Å². The van der Waals surface area contributed by atoms with E-state index in [4.69, 9.17) is 5.73 Å². The molecule has 26 heavy (non-hydrogen) atoms. The van der Waals surface area contributed by atoms with Crippen molar-refractivity contribution in [2.24, 2.45) is 17.6 Å². The molecule has 0 aromatic heterocycles. The highest BCUT2D eigenvalue weighted by Gasteiger charge is 2.61. The van der Waals surface area contributed by atoms with Crippen LogP contribution < -0.4 is 15.5 Å². The third-order valence-electron chi connectivity index (χ3n) is 6.75. The second-order valence-corrected chi connectivity index (χ2v) is 8.38. The van der Waals surface area contributed by atoms with E-state index < -0.39 is 23.5 Å². The van der Waals surface area contributed by atoms with Gasteiger partial charge in [-0.3, -0.25) is 9.59 Å². The molecule has 3 saturated carbocycles. The van der Waals surface area contributed by atoms with Crippen molar-refractivity contribution >= 4 is 23.1 Å². The first-order chi connectivity index (χ1) is 12.4. The van der Waals surface area contributed by atoms with Crippen molar-refractivity contribution in [2.45, 2.75) is 37.3 Å². The Morgan fingerprint density at radius 2 is 1.96 bits per heavy atom. The Morgan fingerprint density at radius 3 is 2.50 bits per heavy atom. The van der Waals surface area contributed by atoms with Crippen LogP contribution in [-0.2, 0) is 4.79 Å². The summed E-state index contributed by atoms with van der Waals surface area (Å²) in [6.07, 6.45) is 3.92. The van der Waals surface area contributed by atoms with Crippen LogP contribution >= 0.6 is 0 Å². The highest BCUT2D eigenvalue weighted by molar-refractivity contribution is 6.13. The fraction of sp³-hybridized carbons (Fsp3) is 0.579. The van der Waals surface area contributed by atoms with E-state index in [1.54, 1.807) is 6.07 Å². The van der Waals surface area contributed by atoms with Crippen molar-refractivity contribution in [3.8, 4) is 0 Å². The van der Waals surface area contributed by atoms with Gasteiger partial charge in [-0.1, -0.05) is 0 Å². The second-order valence-electron chi connectivity index (χ2n) is 8.38. The van der Waals surface area contributed by atoms with Gasteiger partial charge in [-0.25, -0.2) is 4.39 Å². The lowest BCUT2D eigenvalue weighted by Gasteiger charge is -2.68. The Morgan fingerprint density at radius 1 is 1.23 bits per heavy atom. The fourth-order valence-electron chi connectivity index (χ4n) is 5.17. The van der Waals surface area contributed by atoms with Crippen molar-refractivity contribution in [3.05, 3.63) is 23.5 Å². The Kier molecular flexibility index (Phi) is 3.20. The summed E-state index contributed by atoms with van der Waals surface area (Å²) >= 11 is 0. The zero-order valence-corrected chi connectivity index (χ0v) is 14.4. The minimum Gasteiger partial charge on any atom is -0.481 e. The molecular formula is C19H22FN3O3. The maximum absolute atomic E-state index is 14.8. The van der Waals surface area contributed by atoms with Crippen molar-refractivity contribution in [1.29, 1.82) is 0 Å². The number of carboxylic acids is 1. The fourth-order valence-corrected chi connectivity index (χ4v) is 5.17. The van der Waals surface area contributed by atoms with Gasteiger partial charge < -0.3 is 20.6 Å². The van der Waals surface area contributed by atoms with E-state index in [9.17, 15) is 19.1 Å². The quantitative estimate of drug-likeness (QED) is 0.798. The number of carboxylic acid groups (broad SMARTS) is 1. The number of fused-ring (bicyclic) bond motifs is 1. The summed E-state index contributed by atoms with van der Waals surface area (Å²) in [4.78, 5) is 28.3. The number of hydrogen-bond acceptors (Lipinski definition) is 5. The molecule has 1 aromatic rings. The van der Waals surface area contributed by atoms with Crippen LogP contribution in [-0.4, -0.2) is 48.1 Å². The summed E-state index contributed by atoms with van der Waals surface area (Å²) in [7, 11) is 0. The number of ketones is 1. The monoisotopic (exact) mass is 359 g/mol. The molecule has 6 rings (SSSR count). The zero-order valence-electron chi connectivity index (χ0n) is 14.4. The standard InChI is InChI=1S/C19H22FN3O3/c20-14-3-12-15(4-16(14)22-2-1-11(21)8-22)23(19-5-10(6-19)7-19)9-13(17(12)24)18(25)26/h3-4,10-11,13H,1-2,5-9,21H2,(H,25,26). The first-order valence-corrected chi connectivity index (χ1v) is 9.27. The maximum atomic E-state index is 14.8. The van der Waals surface area contributed by atoms with Crippen LogP contribution in [0.4, 0.5) is 15.8 Å². The number of anilines is 2. The van der Waals surface area contributed by atoms with Gasteiger partial charge in [-0.2, -0.15) is 0 Å². The van der Waals surface area contributed by atoms with Crippen molar-refractivity contribution < 1.29 is 19.1 Å². The summed E-state index contributed by atoms with van der Waals surface area (Å²) in [6, 6.07) is 3.01. The van der Waals surface area contributed by atoms with E-state index in [0.717, 1.165) is 31.6 Å². The lowest BCUT2D eigenvalue weighted by Crippen LogP contribution is -2.70. The number of halogens is 1. The van der Waals surface area contributed by atoms with E-state index in [-0.39, 0.29) is 23.7 Å². The van der Waals surface area contributed by atoms with Crippen molar-refractivity contribution in [1.82, 2.24) is 0 Å². The lowest BCUT2D eigenvalue weighted by molar-refractivity contribution is -0.140. The molecule has 2 bridgehead atoms. The van der Waals surface area contributed by atoms with E-state index in [1.165, 1.54) is 6.07 Å². The molecule has 3 aliphatic carbocycles. The average Bonchev–Trinajstić information content (AvgIpc) is 2.92. The molecule has 1 aromatic carbocycles. The molecule has 2 atom stereocenters. The molecule has 0 amide bonds. The van der Waals surface area contributed by atoms with Crippen molar-refractivity contribution in [2.75, 3.05) is 29.4 Å². The van der Waals surface area contributed by atoms with Gasteiger partial charge in [-0.15, -0.1) is 0 Å².